The molecule has 0 aliphatic carbocycles. The molecule has 202 valence electrons. The second-order valence-electron chi connectivity index (χ2n) is 9.10. The number of nitrogens with one attached hydrogen (secondary N) is 2. The third kappa shape index (κ3) is 6.11. The molecular weight excluding hydrogens is 544 g/mol. The van der Waals surface area contributed by atoms with Crippen LogP contribution in [-0.2, 0) is 11.3 Å². The zero-order valence-corrected chi connectivity index (χ0v) is 23.4. The van der Waals surface area contributed by atoms with Crippen LogP contribution in [0.25, 0.3) is 16.5 Å². The number of para-hydroxylation sites is 1. The van der Waals surface area contributed by atoms with Crippen molar-refractivity contribution < 1.29 is 9.90 Å². The van der Waals surface area contributed by atoms with Gasteiger partial charge in [0.15, 0.2) is 11.0 Å². The molecule has 1 atom stereocenters. The zero-order valence-electron chi connectivity index (χ0n) is 21.9. The molecule has 1 unspecified atom stereocenters. The average molecular weight is 571 g/mol. The Labute approximate surface area is 241 Å². The molecule has 1 amide bonds. The lowest BCUT2D eigenvalue weighted by Crippen LogP contribution is -2.27. The summed E-state index contributed by atoms with van der Waals surface area (Å²) in [6.07, 6.45) is 1.46. The molecule has 1 heterocycles. The number of anilines is 1. The molecule has 0 radical (unpaired) electrons. The summed E-state index contributed by atoms with van der Waals surface area (Å²) in [4.78, 5) is 12.9. The van der Waals surface area contributed by atoms with Gasteiger partial charge in [0.05, 0.1) is 18.0 Å². The number of aryl methyl sites for hydroxylation is 1. The van der Waals surface area contributed by atoms with E-state index in [1.54, 1.807) is 13.0 Å². The molecule has 8 nitrogen and oxygen atoms in total. The maximum Gasteiger partial charge on any atom is 0.253 e. The normalized spacial score (nSPS) is 12.1. The van der Waals surface area contributed by atoms with Gasteiger partial charge in [-0.1, -0.05) is 71.9 Å². The first-order chi connectivity index (χ1) is 19.4. The summed E-state index contributed by atoms with van der Waals surface area (Å²) in [5.41, 5.74) is 5.98. The highest BCUT2D eigenvalue weighted by Crippen LogP contribution is 2.28. The van der Waals surface area contributed by atoms with E-state index in [9.17, 15) is 9.90 Å². The Morgan fingerprint density at radius 3 is 2.65 bits per heavy atom. The highest BCUT2D eigenvalue weighted by Gasteiger charge is 2.21. The SMILES string of the molecule is Cc1cc(Cl)ccc1NCc1nnc(SC(C)C(=O)NN=Cc2c(O)ccc3ccccc23)n1-c1ccccc1. The standard InChI is InChI=1S/C30H27ClN6O2S/c1-19-16-22(31)13-14-26(19)32-18-28-34-36-30(37(28)23-9-4-3-5-10-23)40-20(2)29(39)35-33-17-25-24-11-7-6-8-21(24)12-15-27(25)38/h3-17,20,32,38H,18H2,1-2H3,(H,35,39). The predicted octanol–water partition coefficient (Wildman–Crippen LogP) is 6.33. The molecule has 40 heavy (non-hydrogen) atoms. The second-order valence-corrected chi connectivity index (χ2v) is 10.8. The lowest BCUT2D eigenvalue weighted by Gasteiger charge is -2.14. The molecule has 0 saturated heterocycles. The number of aromatic nitrogens is 3. The third-order valence-corrected chi connectivity index (χ3v) is 7.59. The number of fused-ring (bicyclic) bond motifs is 1. The maximum atomic E-state index is 12.9. The van der Waals surface area contributed by atoms with Crippen LogP contribution in [0.4, 0.5) is 5.69 Å². The second kappa shape index (κ2) is 12.2. The summed E-state index contributed by atoms with van der Waals surface area (Å²) in [6, 6.07) is 26.5. The van der Waals surface area contributed by atoms with E-state index < -0.39 is 5.25 Å². The Kier molecular flexibility index (Phi) is 8.33. The first-order valence-corrected chi connectivity index (χ1v) is 13.9. The lowest BCUT2D eigenvalue weighted by atomic mass is 10.0. The van der Waals surface area contributed by atoms with Crippen molar-refractivity contribution in [2.45, 2.75) is 30.8 Å². The largest absolute Gasteiger partial charge is 0.507 e. The van der Waals surface area contributed by atoms with Crippen LogP contribution in [0.1, 0.15) is 23.9 Å². The molecular formula is C30H27ClN6O2S. The number of benzene rings is 4. The predicted molar refractivity (Wildman–Crippen MR) is 162 cm³/mol. The van der Waals surface area contributed by atoms with Gasteiger partial charge >= 0.3 is 0 Å². The average Bonchev–Trinajstić information content (AvgIpc) is 3.36. The molecule has 0 spiro atoms. The van der Waals surface area contributed by atoms with Crippen LogP contribution in [0.2, 0.25) is 5.02 Å². The van der Waals surface area contributed by atoms with Gasteiger partial charge in [-0.05, 0) is 66.6 Å². The van der Waals surface area contributed by atoms with E-state index in [0.717, 1.165) is 27.7 Å². The fraction of sp³-hybridized carbons (Fsp3) is 0.133. The van der Waals surface area contributed by atoms with Crippen LogP contribution >= 0.6 is 23.4 Å². The summed E-state index contributed by atoms with van der Waals surface area (Å²) in [6.45, 7) is 4.19. The minimum absolute atomic E-state index is 0.0880. The number of phenolic OH excluding ortho intramolecular Hbond substituents is 1. The van der Waals surface area contributed by atoms with Gasteiger partial charge in [-0.3, -0.25) is 9.36 Å². The van der Waals surface area contributed by atoms with Gasteiger partial charge < -0.3 is 10.4 Å². The number of thioether (sulfide) groups is 1. The molecule has 4 aromatic carbocycles. The van der Waals surface area contributed by atoms with Gasteiger partial charge in [-0.25, -0.2) is 5.43 Å². The topological polar surface area (TPSA) is 104 Å². The van der Waals surface area contributed by atoms with Crippen LogP contribution in [0.5, 0.6) is 5.75 Å². The highest BCUT2D eigenvalue weighted by molar-refractivity contribution is 8.00. The van der Waals surface area contributed by atoms with Crippen molar-refractivity contribution in [3.05, 3.63) is 107 Å². The van der Waals surface area contributed by atoms with E-state index in [2.05, 4.69) is 26.0 Å². The number of rotatable bonds is 9. The van der Waals surface area contributed by atoms with Gasteiger partial charge in [0.2, 0.25) is 0 Å². The molecule has 1 aromatic heterocycles. The van der Waals surface area contributed by atoms with Crippen molar-refractivity contribution in [3.63, 3.8) is 0 Å². The van der Waals surface area contributed by atoms with Crippen molar-refractivity contribution in [3.8, 4) is 11.4 Å². The van der Waals surface area contributed by atoms with E-state index >= 15 is 0 Å². The maximum absolute atomic E-state index is 12.9. The highest BCUT2D eigenvalue weighted by atomic mass is 35.5. The quantitative estimate of drug-likeness (QED) is 0.109. The van der Waals surface area contributed by atoms with Crippen molar-refractivity contribution in [1.29, 1.82) is 0 Å². The van der Waals surface area contributed by atoms with Crippen molar-refractivity contribution >= 4 is 51.9 Å². The van der Waals surface area contributed by atoms with E-state index in [-0.39, 0.29) is 11.7 Å². The summed E-state index contributed by atoms with van der Waals surface area (Å²) in [5, 5.41) is 29.2. The number of carbonyl (C=O) groups excluding carboxylic acids is 1. The summed E-state index contributed by atoms with van der Waals surface area (Å²) in [5.74, 6) is 0.477. The lowest BCUT2D eigenvalue weighted by molar-refractivity contribution is -0.120. The molecule has 0 aliphatic rings. The van der Waals surface area contributed by atoms with Crippen molar-refractivity contribution in [2.75, 3.05) is 5.32 Å². The number of amides is 1. The number of phenols is 1. The molecule has 0 bridgehead atoms. The number of nitrogens with zero attached hydrogens (tertiary/aromatic N) is 4. The minimum atomic E-state index is -0.524. The zero-order chi connectivity index (χ0) is 28.1. The van der Waals surface area contributed by atoms with Gasteiger partial charge in [0.25, 0.3) is 5.91 Å². The molecule has 0 aliphatic heterocycles. The van der Waals surface area contributed by atoms with Crippen LogP contribution in [-0.4, -0.2) is 37.2 Å². The number of carbonyl (C=O) groups is 1. The smallest absolute Gasteiger partial charge is 0.253 e. The Balaban J connectivity index is 1.32. The monoisotopic (exact) mass is 570 g/mol. The van der Waals surface area contributed by atoms with Crippen LogP contribution in [0.15, 0.2) is 95.2 Å². The number of halogens is 1. The molecule has 5 rings (SSSR count). The fourth-order valence-corrected chi connectivity index (χ4v) is 5.32. The third-order valence-electron chi connectivity index (χ3n) is 6.31. The Morgan fingerprint density at radius 1 is 1.07 bits per heavy atom. The summed E-state index contributed by atoms with van der Waals surface area (Å²) in [7, 11) is 0. The van der Waals surface area contributed by atoms with E-state index in [0.29, 0.717) is 28.1 Å². The van der Waals surface area contributed by atoms with E-state index in [4.69, 9.17) is 11.6 Å². The van der Waals surface area contributed by atoms with Gasteiger partial charge in [-0.15, -0.1) is 10.2 Å². The van der Waals surface area contributed by atoms with Crippen molar-refractivity contribution in [1.82, 2.24) is 20.2 Å². The van der Waals surface area contributed by atoms with E-state index in [1.807, 2.05) is 90.4 Å². The van der Waals surface area contributed by atoms with Crippen molar-refractivity contribution in [2.24, 2.45) is 5.10 Å². The van der Waals surface area contributed by atoms with Crippen LogP contribution in [0, 0.1) is 6.92 Å². The molecule has 0 fully saturated rings. The Hall–Kier alpha value is -4.34. The van der Waals surface area contributed by atoms with Gasteiger partial charge in [0, 0.05) is 22.0 Å². The first-order valence-electron chi connectivity index (χ1n) is 12.6. The number of hydrogen-bond acceptors (Lipinski definition) is 7. The molecule has 0 saturated carbocycles. The Morgan fingerprint density at radius 2 is 1.85 bits per heavy atom. The molecule has 3 N–H and O–H groups in total. The van der Waals surface area contributed by atoms with Crippen LogP contribution in [0.3, 0.4) is 0 Å². The Bertz CT molecular complexity index is 1690. The van der Waals surface area contributed by atoms with Gasteiger partial charge in [-0.2, -0.15) is 5.10 Å². The summed E-state index contributed by atoms with van der Waals surface area (Å²) >= 11 is 7.38. The number of aromatic hydroxyl groups is 1. The number of hydrazone groups is 1. The molecule has 5 aromatic rings. The summed E-state index contributed by atoms with van der Waals surface area (Å²) < 4.78 is 1.93. The number of hydrogen-bond donors (Lipinski definition) is 3. The van der Waals surface area contributed by atoms with E-state index in [1.165, 1.54) is 18.0 Å². The first kappa shape index (κ1) is 27.2. The minimum Gasteiger partial charge on any atom is -0.507 e. The van der Waals surface area contributed by atoms with Gasteiger partial charge in [0.1, 0.15) is 5.75 Å². The fourth-order valence-electron chi connectivity index (χ4n) is 4.21. The van der Waals surface area contributed by atoms with Crippen LogP contribution < -0.4 is 10.7 Å². The molecule has 10 heteroatoms.